The van der Waals surface area contributed by atoms with Gasteiger partial charge in [-0.3, -0.25) is 0 Å². The van der Waals surface area contributed by atoms with Crippen LogP contribution in [-0.2, 0) is 20.1 Å². The fourth-order valence-electron chi connectivity index (χ4n) is 2.69. The Morgan fingerprint density at radius 1 is 1.18 bits per heavy atom. The Bertz CT molecular complexity index is 844. The van der Waals surface area contributed by atoms with E-state index in [1.807, 2.05) is 67.0 Å². The van der Waals surface area contributed by atoms with Crippen LogP contribution in [0.5, 0.6) is 5.75 Å². The van der Waals surface area contributed by atoms with Gasteiger partial charge in [0.25, 0.3) is 0 Å². The molecule has 0 saturated carbocycles. The first kappa shape index (κ1) is 14.2. The minimum absolute atomic E-state index is 0.385. The number of hydrogen-bond donors (Lipinski definition) is 0. The van der Waals surface area contributed by atoms with Crippen molar-refractivity contribution >= 4 is 5.65 Å². The number of ether oxygens (including phenoxy) is 1. The Balaban J connectivity index is 2.00. The van der Waals surface area contributed by atoms with Crippen molar-refractivity contribution in [1.29, 1.82) is 5.26 Å². The summed E-state index contributed by atoms with van der Waals surface area (Å²) in [5.41, 5.74) is 4.19. The van der Waals surface area contributed by atoms with E-state index in [4.69, 9.17) is 10.00 Å². The Kier molecular flexibility index (Phi) is 3.80. The third-order valence-corrected chi connectivity index (χ3v) is 3.94. The van der Waals surface area contributed by atoms with Crippen molar-refractivity contribution in [3.63, 3.8) is 0 Å². The molecule has 0 aliphatic rings. The van der Waals surface area contributed by atoms with Gasteiger partial charge in [-0.1, -0.05) is 30.3 Å². The molecule has 4 nitrogen and oxygen atoms in total. The molecule has 0 saturated heterocycles. The molecule has 0 N–H and O–H groups in total. The van der Waals surface area contributed by atoms with E-state index in [1.165, 1.54) is 0 Å². The highest BCUT2D eigenvalue weighted by molar-refractivity contribution is 5.50. The van der Waals surface area contributed by atoms with Gasteiger partial charge in [0.05, 0.1) is 19.3 Å². The van der Waals surface area contributed by atoms with E-state index < -0.39 is 0 Å². The average Bonchev–Trinajstić information content (AvgIpc) is 2.80. The predicted octanol–water partition coefficient (Wildman–Crippen LogP) is 2.72. The van der Waals surface area contributed by atoms with Gasteiger partial charge in [0.15, 0.2) is 5.69 Å². The molecule has 0 atom stereocenters. The zero-order valence-corrected chi connectivity index (χ0v) is 12.8. The molecule has 110 valence electrons. The molecule has 0 radical (unpaired) electrons. The van der Waals surface area contributed by atoms with Gasteiger partial charge in [0.2, 0.25) is 5.75 Å². The molecule has 2 aromatic heterocycles. The third-order valence-electron chi connectivity index (χ3n) is 3.94. The molecule has 1 aromatic carbocycles. The number of hydrogen-bond acceptors (Lipinski definition) is 2. The van der Waals surface area contributed by atoms with Crippen LogP contribution in [-0.4, -0.2) is 4.57 Å². The molecule has 22 heavy (non-hydrogen) atoms. The highest BCUT2D eigenvalue weighted by Crippen LogP contribution is 2.21. The van der Waals surface area contributed by atoms with Crippen LogP contribution in [0.1, 0.15) is 17.0 Å². The minimum atomic E-state index is 0.385. The predicted molar refractivity (Wildman–Crippen MR) is 83.4 cm³/mol. The summed E-state index contributed by atoms with van der Waals surface area (Å²) < 4.78 is 10.1. The Morgan fingerprint density at radius 2 is 1.95 bits per heavy atom. The number of nitriles is 1. The first-order valence-corrected chi connectivity index (χ1v) is 7.24. The van der Waals surface area contributed by atoms with Crippen molar-refractivity contribution in [2.75, 3.05) is 0 Å². The van der Waals surface area contributed by atoms with E-state index in [0.717, 1.165) is 28.3 Å². The number of fused-ring (bicyclic) bond motifs is 1. The summed E-state index contributed by atoms with van der Waals surface area (Å²) >= 11 is 0. The molecule has 0 aliphatic carbocycles. The average molecular weight is 292 g/mol. The van der Waals surface area contributed by atoms with Crippen molar-refractivity contribution in [1.82, 2.24) is 4.57 Å². The number of imidazole rings is 1. The lowest BCUT2D eigenvalue weighted by molar-refractivity contribution is -0.520. The minimum Gasteiger partial charge on any atom is -0.481 e. The van der Waals surface area contributed by atoms with Crippen LogP contribution in [0.25, 0.3) is 5.65 Å². The molecule has 3 aromatic rings. The number of pyridine rings is 1. The van der Waals surface area contributed by atoms with Gasteiger partial charge in [0, 0.05) is 6.92 Å². The van der Waals surface area contributed by atoms with E-state index >= 15 is 0 Å². The lowest BCUT2D eigenvalue weighted by Crippen LogP contribution is -2.25. The monoisotopic (exact) mass is 292 g/mol. The lowest BCUT2D eigenvalue weighted by atomic mass is 10.2. The molecule has 0 aliphatic heterocycles. The number of nitrogens with zero attached hydrogens (tertiary/aromatic N) is 3. The summed E-state index contributed by atoms with van der Waals surface area (Å²) in [4.78, 5) is 0. The van der Waals surface area contributed by atoms with Crippen molar-refractivity contribution in [2.45, 2.75) is 20.0 Å². The van der Waals surface area contributed by atoms with Crippen LogP contribution in [0.2, 0.25) is 0 Å². The second-order valence-electron chi connectivity index (χ2n) is 5.27. The quantitative estimate of drug-likeness (QED) is 0.694. The van der Waals surface area contributed by atoms with E-state index in [2.05, 4.69) is 10.6 Å². The van der Waals surface area contributed by atoms with Crippen LogP contribution in [0.4, 0.5) is 0 Å². The summed E-state index contributed by atoms with van der Waals surface area (Å²) in [6.45, 7) is 2.55. The molecule has 0 spiro atoms. The second-order valence-corrected chi connectivity index (χ2v) is 5.27. The summed E-state index contributed by atoms with van der Waals surface area (Å²) in [7, 11) is 2.00. The van der Waals surface area contributed by atoms with Crippen LogP contribution >= 0.6 is 0 Å². The van der Waals surface area contributed by atoms with E-state index in [1.54, 1.807) is 0 Å². The standard InChI is InChI=1S/C18H18N3O/c1-14-16(10-11-19)21-12-6-9-17(18(21)20(14)2)22-13-15-7-4-3-5-8-15/h3-9,12H,10,13H2,1-2H3/q+1. The Labute approximate surface area is 129 Å². The highest BCUT2D eigenvalue weighted by Gasteiger charge is 2.23. The van der Waals surface area contributed by atoms with Crippen LogP contribution < -0.4 is 9.14 Å². The van der Waals surface area contributed by atoms with E-state index in [0.29, 0.717) is 13.0 Å². The van der Waals surface area contributed by atoms with Crippen molar-refractivity contribution in [3.05, 3.63) is 65.6 Å². The van der Waals surface area contributed by atoms with Gasteiger partial charge in [0.1, 0.15) is 18.7 Å². The van der Waals surface area contributed by atoms with Crippen LogP contribution in [0.15, 0.2) is 48.7 Å². The van der Waals surface area contributed by atoms with Crippen LogP contribution in [0.3, 0.4) is 0 Å². The molecule has 3 rings (SSSR count). The van der Waals surface area contributed by atoms with Gasteiger partial charge < -0.3 is 4.74 Å². The van der Waals surface area contributed by atoms with Crippen LogP contribution in [0, 0.1) is 18.3 Å². The zero-order valence-electron chi connectivity index (χ0n) is 12.8. The number of aromatic nitrogens is 2. The second kappa shape index (κ2) is 5.90. The van der Waals surface area contributed by atoms with Gasteiger partial charge in [-0.2, -0.15) is 9.66 Å². The van der Waals surface area contributed by atoms with Gasteiger partial charge in [-0.25, -0.2) is 4.57 Å². The smallest absolute Gasteiger partial charge is 0.329 e. The summed E-state index contributed by atoms with van der Waals surface area (Å²) in [6.07, 6.45) is 2.36. The van der Waals surface area contributed by atoms with E-state index in [9.17, 15) is 0 Å². The molecule has 0 amide bonds. The van der Waals surface area contributed by atoms with Gasteiger partial charge in [-0.05, 0) is 17.7 Å². The maximum absolute atomic E-state index is 9.03. The van der Waals surface area contributed by atoms with Crippen molar-refractivity contribution in [3.8, 4) is 11.8 Å². The maximum atomic E-state index is 9.03. The van der Waals surface area contributed by atoms with E-state index in [-0.39, 0.29) is 0 Å². The first-order valence-electron chi connectivity index (χ1n) is 7.24. The molecule has 0 unspecified atom stereocenters. The fraction of sp³-hybridized carbons (Fsp3) is 0.222. The molecule has 4 heteroatoms. The number of aryl methyl sites for hydroxylation is 1. The first-order chi connectivity index (χ1) is 10.7. The SMILES string of the molecule is Cc1c(CC#N)[n+]2cccc(OCc3ccccc3)c2n1C. The maximum Gasteiger partial charge on any atom is 0.329 e. The topological polar surface area (TPSA) is 42.1 Å². The van der Waals surface area contributed by atoms with Gasteiger partial charge >= 0.3 is 5.65 Å². The van der Waals surface area contributed by atoms with Gasteiger partial charge in [-0.15, -0.1) is 0 Å². The summed E-state index contributed by atoms with van der Waals surface area (Å²) in [5.74, 6) is 0.821. The molecule has 0 bridgehead atoms. The molecular formula is C18H18N3O+. The number of rotatable bonds is 4. The third kappa shape index (κ3) is 2.42. The number of benzene rings is 1. The molecule has 0 fully saturated rings. The lowest BCUT2D eigenvalue weighted by Gasteiger charge is -2.05. The zero-order chi connectivity index (χ0) is 15.5. The summed E-state index contributed by atoms with van der Waals surface area (Å²) in [6, 6.07) is 16.2. The molecular weight excluding hydrogens is 274 g/mol. The normalized spacial score (nSPS) is 10.6. The van der Waals surface area contributed by atoms with Crippen molar-refractivity contribution < 1.29 is 9.14 Å². The summed E-state index contributed by atoms with van der Waals surface area (Å²) in [5, 5.41) is 9.03. The largest absolute Gasteiger partial charge is 0.481 e. The fourth-order valence-corrected chi connectivity index (χ4v) is 2.69. The Hall–Kier alpha value is -2.80. The van der Waals surface area contributed by atoms with Crippen molar-refractivity contribution in [2.24, 2.45) is 7.05 Å². The molecule has 2 heterocycles. The Morgan fingerprint density at radius 3 is 2.68 bits per heavy atom. The highest BCUT2D eigenvalue weighted by atomic mass is 16.5.